The molecule has 0 spiro atoms. The number of ether oxygens (including phenoxy) is 1. The van der Waals surface area contributed by atoms with Crippen LogP contribution in [0, 0.1) is 0 Å². The van der Waals surface area contributed by atoms with Crippen molar-refractivity contribution in [3.8, 4) is 0 Å². The predicted molar refractivity (Wildman–Crippen MR) is 63.8 cm³/mol. The van der Waals surface area contributed by atoms with Crippen molar-refractivity contribution in [3.05, 3.63) is 0 Å². The highest BCUT2D eigenvalue weighted by atomic mass is 16.5. The van der Waals surface area contributed by atoms with Crippen molar-refractivity contribution in [1.82, 2.24) is 4.90 Å². The van der Waals surface area contributed by atoms with Crippen LogP contribution in [-0.2, 0) is 9.53 Å². The maximum atomic E-state index is 11.2. The van der Waals surface area contributed by atoms with Crippen LogP contribution in [0.1, 0.15) is 32.1 Å². The predicted octanol–water partition coefficient (Wildman–Crippen LogP) is 0.432. The monoisotopic (exact) mass is 242 g/mol. The van der Waals surface area contributed by atoms with Gasteiger partial charge in [-0.15, -0.1) is 0 Å². The summed E-state index contributed by atoms with van der Waals surface area (Å²) in [4.78, 5) is 13.5. The van der Waals surface area contributed by atoms with E-state index < -0.39 is 11.5 Å². The van der Waals surface area contributed by atoms with Crippen molar-refractivity contribution in [2.45, 2.75) is 49.7 Å². The van der Waals surface area contributed by atoms with E-state index >= 15 is 0 Å². The van der Waals surface area contributed by atoms with Gasteiger partial charge in [0.25, 0.3) is 0 Å². The van der Waals surface area contributed by atoms with E-state index in [1.807, 2.05) is 0 Å². The summed E-state index contributed by atoms with van der Waals surface area (Å²) in [6.07, 6.45) is 4.12. The summed E-state index contributed by atoms with van der Waals surface area (Å²) in [7, 11) is 2.07. The Labute approximate surface area is 102 Å². The molecule has 3 atom stereocenters. The minimum absolute atomic E-state index is 0.275. The molecule has 5 nitrogen and oxygen atoms in total. The molecule has 2 fully saturated rings. The van der Waals surface area contributed by atoms with E-state index in [4.69, 9.17) is 10.5 Å². The average Bonchev–Trinajstić information content (AvgIpc) is 2.81. The molecule has 0 radical (unpaired) electrons. The largest absolute Gasteiger partial charge is 0.480 e. The molecule has 1 aliphatic carbocycles. The summed E-state index contributed by atoms with van der Waals surface area (Å²) in [5.74, 6) is -0.863. The molecule has 3 N–H and O–H groups in total. The molecule has 2 rings (SSSR count). The van der Waals surface area contributed by atoms with E-state index in [0.29, 0.717) is 18.9 Å². The summed E-state index contributed by atoms with van der Waals surface area (Å²) < 4.78 is 5.38. The van der Waals surface area contributed by atoms with Crippen molar-refractivity contribution >= 4 is 5.97 Å². The lowest BCUT2D eigenvalue weighted by Crippen LogP contribution is -2.56. The van der Waals surface area contributed by atoms with E-state index in [1.165, 1.54) is 0 Å². The number of carboxylic acids is 1. The van der Waals surface area contributed by atoms with Gasteiger partial charge in [-0.1, -0.05) is 0 Å². The first-order valence-electron chi connectivity index (χ1n) is 6.35. The Kier molecular flexibility index (Phi) is 3.70. The third-order valence-electron chi connectivity index (χ3n) is 4.24. The average molecular weight is 242 g/mol. The molecular weight excluding hydrogens is 220 g/mol. The topological polar surface area (TPSA) is 75.8 Å². The Morgan fingerprint density at radius 2 is 2.24 bits per heavy atom. The van der Waals surface area contributed by atoms with Crippen LogP contribution in [-0.4, -0.2) is 53.9 Å². The van der Waals surface area contributed by atoms with Crippen LogP contribution in [0.25, 0.3) is 0 Å². The molecule has 3 unspecified atom stereocenters. The van der Waals surface area contributed by atoms with Gasteiger partial charge >= 0.3 is 5.97 Å². The molecule has 98 valence electrons. The highest BCUT2D eigenvalue weighted by Crippen LogP contribution is 2.31. The number of aliphatic carboxylic acids is 1. The van der Waals surface area contributed by atoms with Gasteiger partial charge in [-0.25, -0.2) is 0 Å². The third-order valence-corrected chi connectivity index (χ3v) is 4.24. The Bertz CT molecular complexity index is 291. The van der Waals surface area contributed by atoms with Gasteiger partial charge in [0, 0.05) is 18.7 Å². The molecule has 0 aromatic rings. The van der Waals surface area contributed by atoms with Gasteiger partial charge in [0.15, 0.2) is 0 Å². The Hall–Kier alpha value is -0.650. The van der Waals surface area contributed by atoms with E-state index in [9.17, 15) is 9.90 Å². The number of nitrogens with zero attached hydrogens (tertiary/aromatic N) is 1. The molecule has 1 saturated heterocycles. The first kappa shape index (κ1) is 12.8. The molecule has 1 aliphatic heterocycles. The summed E-state index contributed by atoms with van der Waals surface area (Å²) in [6.45, 7) is 1.58. The SMILES string of the molecule is CN(C1CCOC1)C1CCCC(N)(C(=O)O)C1. The lowest BCUT2D eigenvalue weighted by atomic mass is 9.79. The molecule has 1 saturated carbocycles. The van der Waals surface area contributed by atoms with Gasteiger partial charge in [0.05, 0.1) is 6.61 Å². The number of carbonyl (C=O) groups is 1. The number of carboxylic acid groups (broad SMARTS) is 1. The van der Waals surface area contributed by atoms with Gasteiger partial charge in [-0.3, -0.25) is 9.69 Å². The Morgan fingerprint density at radius 3 is 2.82 bits per heavy atom. The van der Waals surface area contributed by atoms with Crippen LogP contribution in [0.2, 0.25) is 0 Å². The summed E-state index contributed by atoms with van der Waals surface area (Å²) >= 11 is 0. The molecule has 0 aromatic carbocycles. The fourth-order valence-electron chi connectivity index (χ4n) is 2.96. The van der Waals surface area contributed by atoms with Crippen LogP contribution >= 0.6 is 0 Å². The van der Waals surface area contributed by atoms with Gasteiger partial charge in [-0.2, -0.15) is 0 Å². The molecule has 1 heterocycles. The Balaban J connectivity index is 1.99. The second-order valence-electron chi connectivity index (χ2n) is 5.39. The van der Waals surface area contributed by atoms with Crippen molar-refractivity contribution in [1.29, 1.82) is 0 Å². The minimum atomic E-state index is -1.03. The van der Waals surface area contributed by atoms with Gasteiger partial charge in [0.2, 0.25) is 0 Å². The highest BCUT2D eigenvalue weighted by molar-refractivity contribution is 5.78. The standard InChI is InChI=1S/C12H22N2O3/c1-14(10-4-6-17-8-10)9-3-2-5-12(13,7-9)11(15)16/h9-10H,2-8,13H2,1H3,(H,15,16). The van der Waals surface area contributed by atoms with E-state index in [2.05, 4.69) is 11.9 Å². The first-order chi connectivity index (χ1) is 8.03. The fourth-order valence-corrected chi connectivity index (χ4v) is 2.96. The zero-order chi connectivity index (χ0) is 12.5. The van der Waals surface area contributed by atoms with Crippen LogP contribution < -0.4 is 5.73 Å². The number of hydrogen-bond donors (Lipinski definition) is 2. The molecule has 0 aromatic heterocycles. The van der Waals surface area contributed by atoms with Gasteiger partial charge in [0.1, 0.15) is 5.54 Å². The zero-order valence-electron chi connectivity index (χ0n) is 10.4. The van der Waals surface area contributed by atoms with Crippen molar-refractivity contribution < 1.29 is 14.6 Å². The smallest absolute Gasteiger partial charge is 0.323 e. The van der Waals surface area contributed by atoms with Crippen LogP contribution in [0.4, 0.5) is 0 Å². The van der Waals surface area contributed by atoms with Crippen molar-refractivity contribution in [3.63, 3.8) is 0 Å². The number of hydrogen-bond acceptors (Lipinski definition) is 4. The second kappa shape index (κ2) is 4.92. The lowest BCUT2D eigenvalue weighted by molar-refractivity contribution is -0.145. The number of rotatable bonds is 3. The zero-order valence-corrected chi connectivity index (χ0v) is 10.4. The van der Waals surface area contributed by atoms with E-state index in [1.54, 1.807) is 0 Å². The second-order valence-corrected chi connectivity index (χ2v) is 5.39. The summed E-state index contributed by atoms with van der Waals surface area (Å²) in [5.41, 5.74) is 4.94. The quantitative estimate of drug-likeness (QED) is 0.750. The molecule has 17 heavy (non-hydrogen) atoms. The molecule has 5 heteroatoms. The first-order valence-corrected chi connectivity index (χ1v) is 6.35. The molecule has 0 bridgehead atoms. The van der Waals surface area contributed by atoms with Crippen molar-refractivity contribution in [2.24, 2.45) is 5.73 Å². The number of likely N-dealkylation sites (N-methyl/N-ethyl adjacent to an activating group) is 1. The maximum absolute atomic E-state index is 11.2. The van der Waals surface area contributed by atoms with E-state index in [-0.39, 0.29) is 6.04 Å². The normalized spacial score (nSPS) is 38.5. The Morgan fingerprint density at radius 1 is 1.47 bits per heavy atom. The number of nitrogens with two attached hydrogens (primary N) is 1. The highest BCUT2D eigenvalue weighted by Gasteiger charge is 2.41. The fraction of sp³-hybridized carbons (Fsp3) is 0.917. The third kappa shape index (κ3) is 2.61. The lowest BCUT2D eigenvalue weighted by Gasteiger charge is -2.41. The van der Waals surface area contributed by atoms with Crippen LogP contribution in [0.15, 0.2) is 0 Å². The maximum Gasteiger partial charge on any atom is 0.323 e. The van der Waals surface area contributed by atoms with Crippen molar-refractivity contribution in [2.75, 3.05) is 20.3 Å². The van der Waals surface area contributed by atoms with Crippen LogP contribution in [0.5, 0.6) is 0 Å². The van der Waals surface area contributed by atoms with E-state index in [0.717, 1.165) is 32.5 Å². The molecular formula is C12H22N2O3. The van der Waals surface area contributed by atoms with Gasteiger partial charge in [-0.05, 0) is 39.2 Å². The molecule has 2 aliphatic rings. The minimum Gasteiger partial charge on any atom is -0.480 e. The summed E-state index contributed by atoms with van der Waals surface area (Å²) in [6, 6.07) is 0.702. The van der Waals surface area contributed by atoms with Crippen LogP contribution in [0.3, 0.4) is 0 Å². The molecule has 0 amide bonds. The summed E-state index contributed by atoms with van der Waals surface area (Å²) in [5, 5.41) is 9.19. The van der Waals surface area contributed by atoms with Gasteiger partial charge < -0.3 is 15.6 Å².